The first kappa shape index (κ1) is 27.7. The quantitative estimate of drug-likeness (QED) is 0.457. The maximum atomic E-state index is 15.1. The topological polar surface area (TPSA) is 83.9 Å². The Hall–Kier alpha value is -3.36. The number of aryl methyl sites for hydroxylation is 1. The van der Waals surface area contributed by atoms with Crippen molar-refractivity contribution < 1.29 is 37.4 Å². The van der Waals surface area contributed by atoms with Crippen LogP contribution in [0, 0.1) is 5.82 Å². The fraction of sp³-hybridized carbons (Fsp3) is 0.483. The van der Waals surface area contributed by atoms with E-state index >= 15 is 4.39 Å². The van der Waals surface area contributed by atoms with E-state index < -0.39 is 25.0 Å². The Kier molecular flexibility index (Phi) is 8.13. The molecule has 1 atom stereocenters. The van der Waals surface area contributed by atoms with Gasteiger partial charge in [-0.25, -0.2) is 13.2 Å². The van der Waals surface area contributed by atoms with Gasteiger partial charge in [-0.2, -0.15) is 0 Å². The van der Waals surface area contributed by atoms with E-state index in [1.54, 1.807) is 12.1 Å². The van der Waals surface area contributed by atoms with Crippen molar-refractivity contribution in [2.24, 2.45) is 0 Å². The molecule has 38 heavy (non-hydrogen) atoms. The van der Waals surface area contributed by atoms with Crippen LogP contribution in [0.25, 0.3) is 0 Å². The van der Waals surface area contributed by atoms with Crippen molar-refractivity contribution in [3.8, 4) is 5.75 Å². The number of Topliss-reactive ketones (excluding diaryl/α,β-unsaturated/α-hetero) is 1. The molecule has 2 aromatic rings. The van der Waals surface area contributed by atoms with Crippen LogP contribution >= 0.6 is 0 Å². The van der Waals surface area contributed by atoms with E-state index in [9.17, 15) is 23.2 Å². The van der Waals surface area contributed by atoms with Crippen LogP contribution < -0.4 is 4.74 Å². The van der Waals surface area contributed by atoms with Crippen molar-refractivity contribution in [3.05, 3.63) is 64.0 Å². The lowest BCUT2D eigenvalue weighted by molar-refractivity contribution is -0.141. The predicted octanol–water partition coefficient (Wildman–Crippen LogP) is 5.19. The Labute approximate surface area is 219 Å². The summed E-state index contributed by atoms with van der Waals surface area (Å²) in [6, 6.07) is 7.04. The minimum Gasteiger partial charge on any atom is -0.488 e. The molecular formula is C29H32F3NO5. The highest BCUT2D eigenvalue weighted by Crippen LogP contribution is 2.41. The monoisotopic (exact) mass is 531 g/mol. The zero-order valence-corrected chi connectivity index (χ0v) is 21.6. The number of ether oxygens (including phenoxy) is 1. The number of alkyl halides is 2. The summed E-state index contributed by atoms with van der Waals surface area (Å²) >= 11 is 0. The third-order valence-electron chi connectivity index (χ3n) is 7.43. The van der Waals surface area contributed by atoms with E-state index in [0.29, 0.717) is 28.7 Å². The standard InChI is InChI=1S/C29H32F3NO5/c1-29(2)10-8-19-12-17(13-22(30)27(19)29)14-23(34)28-21-7-6-20(38-16-24(31)32)15-18(21)9-11-33(28)25(35)4-3-5-26(36)37/h6-7,12-13,15,24,28H,3-5,8-11,14,16H2,1-2H3,(H,36,37)/t28-/m1/s1. The molecule has 0 unspecified atom stereocenters. The van der Waals surface area contributed by atoms with Crippen LogP contribution in [0.15, 0.2) is 30.3 Å². The van der Waals surface area contributed by atoms with Gasteiger partial charge in [-0.1, -0.05) is 26.0 Å². The summed E-state index contributed by atoms with van der Waals surface area (Å²) in [4.78, 5) is 39.2. The molecule has 6 nitrogen and oxygen atoms in total. The predicted molar refractivity (Wildman–Crippen MR) is 134 cm³/mol. The van der Waals surface area contributed by atoms with Gasteiger partial charge in [-0.3, -0.25) is 14.4 Å². The van der Waals surface area contributed by atoms with Gasteiger partial charge in [0.2, 0.25) is 5.91 Å². The highest BCUT2D eigenvalue weighted by Gasteiger charge is 2.37. The SMILES string of the molecule is CC1(C)CCc2cc(CC(=O)[C@H]3c4ccc(OCC(F)F)cc4CCN3C(=O)CCCC(=O)O)cc(F)c21. The lowest BCUT2D eigenvalue weighted by Crippen LogP contribution is -2.44. The highest BCUT2D eigenvalue weighted by atomic mass is 19.3. The summed E-state index contributed by atoms with van der Waals surface area (Å²) in [5, 5.41) is 8.93. The summed E-state index contributed by atoms with van der Waals surface area (Å²) in [7, 11) is 0. The first-order chi connectivity index (χ1) is 18.0. The molecule has 1 N–H and O–H groups in total. The molecule has 0 aromatic heterocycles. The van der Waals surface area contributed by atoms with Gasteiger partial charge in [0.1, 0.15) is 24.2 Å². The number of carbonyl (C=O) groups excluding carboxylic acids is 2. The van der Waals surface area contributed by atoms with Crippen molar-refractivity contribution in [3.63, 3.8) is 0 Å². The second-order valence-corrected chi connectivity index (χ2v) is 10.7. The van der Waals surface area contributed by atoms with Crippen molar-refractivity contribution in [2.75, 3.05) is 13.2 Å². The van der Waals surface area contributed by atoms with Crippen LogP contribution in [-0.2, 0) is 39.1 Å². The van der Waals surface area contributed by atoms with Crippen molar-refractivity contribution >= 4 is 17.7 Å². The van der Waals surface area contributed by atoms with Crippen LogP contribution in [-0.4, -0.2) is 47.2 Å². The number of aliphatic carboxylic acids is 1. The molecule has 0 saturated heterocycles. The van der Waals surface area contributed by atoms with Crippen LogP contribution in [0.4, 0.5) is 13.2 Å². The maximum Gasteiger partial charge on any atom is 0.303 e. The summed E-state index contributed by atoms with van der Waals surface area (Å²) in [5.74, 6) is -1.72. The Morgan fingerprint density at radius 1 is 1.11 bits per heavy atom. The summed E-state index contributed by atoms with van der Waals surface area (Å²) in [6.07, 6.45) is -0.823. The third kappa shape index (κ3) is 6.03. The second-order valence-electron chi connectivity index (χ2n) is 10.7. The highest BCUT2D eigenvalue weighted by molar-refractivity contribution is 5.92. The van der Waals surface area contributed by atoms with E-state index in [-0.39, 0.29) is 60.9 Å². The van der Waals surface area contributed by atoms with Crippen LogP contribution in [0.5, 0.6) is 5.75 Å². The van der Waals surface area contributed by atoms with Crippen molar-refractivity contribution in [2.45, 2.75) is 76.7 Å². The fourth-order valence-corrected chi connectivity index (χ4v) is 5.66. The molecule has 9 heteroatoms. The smallest absolute Gasteiger partial charge is 0.303 e. The van der Waals surface area contributed by atoms with Crippen LogP contribution in [0.3, 0.4) is 0 Å². The summed E-state index contributed by atoms with van der Waals surface area (Å²) in [6.45, 7) is 3.45. The largest absolute Gasteiger partial charge is 0.488 e. The number of hydrogen-bond acceptors (Lipinski definition) is 4. The van der Waals surface area contributed by atoms with Gasteiger partial charge in [0.25, 0.3) is 6.43 Å². The molecule has 0 fully saturated rings. The molecule has 0 bridgehead atoms. The molecule has 1 aliphatic carbocycles. The molecule has 4 rings (SSSR count). The lowest BCUT2D eigenvalue weighted by atomic mass is 9.84. The van der Waals surface area contributed by atoms with Gasteiger partial charge >= 0.3 is 5.97 Å². The molecule has 1 heterocycles. The maximum absolute atomic E-state index is 15.1. The number of carbonyl (C=O) groups is 3. The molecule has 0 spiro atoms. The van der Waals surface area contributed by atoms with Gasteiger partial charge in [-0.15, -0.1) is 0 Å². The number of amides is 1. The first-order valence-corrected chi connectivity index (χ1v) is 12.9. The second kappa shape index (κ2) is 11.2. The number of ketones is 1. The average molecular weight is 532 g/mol. The number of hydrogen-bond donors (Lipinski definition) is 1. The number of halogens is 3. The minimum absolute atomic E-state index is 0.0243. The average Bonchev–Trinajstić information content (AvgIpc) is 3.15. The van der Waals surface area contributed by atoms with Crippen molar-refractivity contribution in [1.29, 1.82) is 0 Å². The van der Waals surface area contributed by atoms with Gasteiger partial charge < -0.3 is 14.7 Å². The third-order valence-corrected chi connectivity index (χ3v) is 7.43. The summed E-state index contributed by atoms with van der Waals surface area (Å²) in [5.41, 5.74) is 3.12. The molecule has 204 valence electrons. The fourth-order valence-electron chi connectivity index (χ4n) is 5.66. The molecular weight excluding hydrogens is 499 g/mol. The molecule has 1 amide bonds. The Morgan fingerprint density at radius 2 is 1.87 bits per heavy atom. The van der Waals surface area contributed by atoms with Gasteiger partial charge in [0.05, 0.1) is 0 Å². The van der Waals surface area contributed by atoms with Crippen LogP contribution in [0.1, 0.15) is 73.4 Å². The number of benzene rings is 2. The molecule has 0 saturated carbocycles. The number of carboxylic acids is 1. The van der Waals surface area contributed by atoms with E-state index in [0.717, 1.165) is 18.4 Å². The molecule has 0 radical (unpaired) electrons. The molecule has 2 aromatic carbocycles. The zero-order chi connectivity index (χ0) is 27.6. The lowest BCUT2D eigenvalue weighted by Gasteiger charge is -2.37. The normalized spacial score (nSPS) is 17.7. The van der Waals surface area contributed by atoms with E-state index in [1.807, 2.05) is 19.9 Å². The molecule has 1 aliphatic heterocycles. The summed E-state index contributed by atoms with van der Waals surface area (Å²) < 4.78 is 45.4. The van der Waals surface area contributed by atoms with Gasteiger partial charge in [0, 0.05) is 25.8 Å². The Morgan fingerprint density at radius 3 is 2.58 bits per heavy atom. The number of rotatable bonds is 10. The van der Waals surface area contributed by atoms with Crippen LogP contribution in [0.2, 0.25) is 0 Å². The van der Waals surface area contributed by atoms with E-state index in [4.69, 9.17) is 9.84 Å². The van der Waals surface area contributed by atoms with Gasteiger partial charge in [0.15, 0.2) is 5.78 Å². The van der Waals surface area contributed by atoms with E-state index in [1.165, 1.54) is 17.0 Å². The Balaban J connectivity index is 1.62. The number of nitrogens with zero attached hydrogens (tertiary/aromatic N) is 1. The molecule has 2 aliphatic rings. The zero-order valence-electron chi connectivity index (χ0n) is 21.6. The number of carboxylic acid groups (broad SMARTS) is 1. The van der Waals surface area contributed by atoms with Crippen molar-refractivity contribution in [1.82, 2.24) is 4.90 Å². The Bertz CT molecular complexity index is 1240. The van der Waals surface area contributed by atoms with E-state index in [2.05, 4.69) is 0 Å². The first-order valence-electron chi connectivity index (χ1n) is 12.9. The van der Waals surface area contributed by atoms with Gasteiger partial charge in [-0.05, 0) is 77.1 Å². The number of fused-ring (bicyclic) bond motifs is 2. The minimum atomic E-state index is -2.63.